The minimum atomic E-state index is -3.30. The van der Waals surface area contributed by atoms with E-state index in [1.165, 1.54) is 0 Å². The topological polar surface area (TPSA) is 76.4 Å². The summed E-state index contributed by atoms with van der Waals surface area (Å²) in [5, 5.41) is 0. The molecule has 0 aliphatic rings. The molecule has 0 aliphatic carbocycles. The standard InChI is InChI=1S/C15H16N4O2S/c1-2-9-22(20,21)18-13-6-3-5-12(10-13)14-11-19-8-4-7-16-15(19)17-14/h3-8,10-11,18H,2,9H2,1H3. The van der Waals surface area contributed by atoms with E-state index in [0.717, 1.165) is 11.3 Å². The SMILES string of the molecule is CCCS(=O)(=O)Nc1cccc(-c2cn3cccnc3n2)c1. The van der Waals surface area contributed by atoms with Crippen LogP contribution in [0.5, 0.6) is 0 Å². The molecule has 2 heterocycles. The molecule has 0 amide bonds. The van der Waals surface area contributed by atoms with Crippen molar-refractivity contribution in [2.24, 2.45) is 0 Å². The van der Waals surface area contributed by atoms with Crippen molar-refractivity contribution in [2.45, 2.75) is 13.3 Å². The summed E-state index contributed by atoms with van der Waals surface area (Å²) in [5.41, 5.74) is 2.12. The molecule has 114 valence electrons. The van der Waals surface area contributed by atoms with Crippen LogP contribution in [-0.4, -0.2) is 28.5 Å². The maximum atomic E-state index is 11.8. The number of rotatable bonds is 5. The highest BCUT2D eigenvalue weighted by atomic mass is 32.2. The number of fused-ring (bicyclic) bond motifs is 1. The van der Waals surface area contributed by atoms with Crippen molar-refractivity contribution in [1.29, 1.82) is 0 Å². The number of imidazole rings is 1. The zero-order valence-electron chi connectivity index (χ0n) is 12.1. The predicted molar refractivity (Wildman–Crippen MR) is 86.1 cm³/mol. The van der Waals surface area contributed by atoms with Crippen molar-refractivity contribution in [3.8, 4) is 11.3 Å². The Balaban J connectivity index is 1.94. The van der Waals surface area contributed by atoms with E-state index in [-0.39, 0.29) is 5.75 Å². The molecule has 0 saturated heterocycles. The quantitative estimate of drug-likeness (QED) is 0.785. The maximum absolute atomic E-state index is 11.8. The van der Waals surface area contributed by atoms with Crippen LogP contribution >= 0.6 is 0 Å². The normalized spacial score (nSPS) is 11.7. The van der Waals surface area contributed by atoms with Gasteiger partial charge < -0.3 is 0 Å². The van der Waals surface area contributed by atoms with Gasteiger partial charge in [-0.25, -0.2) is 18.4 Å². The molecule has 0 saturated carbocycles. The van der Waals surface area contributed by atoms with E-state index in [2.05, 4.69) is 14.7 Å². The largest absolute Gasteiger partial charge is 0.291 e. The molecule has 0 fully saturated rings. The van der Waals surface area contributed by atoms with Crippen LogP contribution in [-0.2, 0) is 10.0 Å². The van der Waals surface area contributed by atoms with Gasteiger partial charge in [0.1, 0.15) is 0 Å². The summed E-state index contributed by atoms with van der Waals surface area (Å²) in [6.07, 6.45) is 5.99. The van der Waals surface area contributed by atoms with Crippen molar-refractivity contribution >= 4 is 21.5 Å². The van der Waals surface area contributed by atoms with Crippen molar-refractivity contribution in [1.82, 2.24) is 14.4 Å². The smallest absolute Gasteiger partial charge is 0.234 e. The van der Waals surface area contributed by atoms with E-state index in [1.807, 2.05) is 35.9 Å². The van der Waals surface area contributed by atoms with Gasteiger partial charge in [0.25, 0.3) is 0 Å². The fourth-order valence-electron chi connectivity index (χ4n) is 2.21. The number of sulfonamides is 1. The fraction of sp³-hybridized carbons (Fsp3) is 0.200. The first-order chi connectivity index (χ1) is 10.6. The Hall–Kier alpha value is -2.41. The molecule has 3 rings (SSSR count). The van der Waals surface area contributed by atoms with E-state index in [1.54, 1.807) is 24.4 Å². The molecule has 22 heavy (non-hydrogen) atoms. The predicted octanol–water partition coefficient (Wildman–Crippen LogP) is 2.55. The molecule has 0 spiro atoms. The number of hydrogen-bond donors (Lipinski definition) is 1. The van der Waals surface area contributed by atoms with Gasteiger partial charge in [-0.2, -0.15) is 0 Å². The number of anilines is 1. The number of aromatic nitrogens is 3. The molecule has 1 N–H and O–H groups in total. The van der Waals surface area contributed by atoms with Crippen LogP contribution in [0, 0.1) is 0 Å². The molecule has 6 nitrogen and oxygen atoms in total. The minimum absolute atomic E-state index is 0.107. The van der Waals surface area contributed by atoms with Crippen LogP contribution < -0.4 is 4.72 Å². The van der Waals surface area contributed by atoms with Gasteiger partial charge in [0.15, 0.2) is 0 Å². The molecule has 0 aliphatic heterocycles. The summed E-state index contributed by atoms with van der Waals surface area (Å²) < 4.78 is 28.1. The lowest BCUT2D eigenvalue weighted by Gasteiger charge is -2.07. The Labute approximate surface area is 128 Å². The third-order valence-electron chi connectivity index (χ3n) is 3.14. The van der Waals surface area contributed by atoms with E-state index < -0.39 is 10.0 Å². The third-order valence-corrected chi connectivity index (χ3v) is 4.63. The summed E-state index contributed by atoms with van der Waals surface area (Å²) in [4.78, 5) is 8.61. The molecule has 3 aromatic rings. The molecule has 0 radical (unpaired) electrons. The van der Waals surface area contributed by atoms with E-state index in [0.29, 0.717) is 17.9 Å². The Bertz CT molecular complexity index is 870. The number of benzene rings is 1. The van der Waals surface area contributed by atoms with E-state index in [4.69, 9.17) is 0 Å². The number of nitrogens with one attached hydrogen (secondary N) is 1. The maximum Gasteiger partial charge on any atom is 0.234 e. The molecule has 7 heteroatoms. The fourth-order valence-corrected chi connectivity index (χ4v) is 3.34. The minimum Gasteiger partial charge on any atom is -0.291 e. The Morgan fingerprint density at radius 1 is 1.27 bits per heavy atom. The highest BCUT2D eigenvalue weighted by Gasteiger charge is 2.10. The molecule has 1 aromatic carbocycles. The zero-order chi connectivity index (χ0) is 15.6. The zero-order valence-corrected chi connectivity index (χ0v) is 12.9. The first-order valence-corrected chi connectivity index (χ1v) is 8.63. The van der Waals surface area contributed by atoms with Crippen molar-refractivity contribution in [3.05, 3.63) is 48.9 Å². The second-order valence-electron chi connectivity index (χ2n) is 4.95. The first kappa shape index (κ1) is 14.5. The van der Waals surface area contributed by atoms with Gasteiger partial charge in [-0.3, -0.25) is 9.12 Å². The summed E-state index contributed by atoms with van der Waals surface area (Å²) in [6.45, 7) is 1.83. The molecule has 2 aromatic heterocycles. The Morgan fingerprint density at radius 2 is 2.14 bits per heavy atom. The van der Waals surface area contributed by atoms with E-state index >= 15 is 0 Å². The van der Waals surface area contributed by atoms with Gasteiger partial charge in [0, 0.05) is 29.8 Å². The van der Waals surface area contributed by atoms with Crippen molar-refractivity contribution in [2.75, 3.05) is 10.5 Å². The second kappa shape index (κ2) is 5.76. The lowest BCUT2D eigenvalue weighted by atomic mass is 10.1. The lowest BCUT2D eigenvalue weighted by Crippen LogP contribution is -2.15. The van der Waals surface area contributed by atoms with E-state index in [9.17, 15) is 8.42 Å². The van der Waals surface area contributed by atoms with Crippen LogP contribution in [0.15, 0.2) is 48.9 Å². The monoisotopic (exact) mass is 316 g/mol. The summed E-state index contributed by atoms with van der Waals surface area (Å²) in [6, 6.07) is 9.02. The number of hydrogen-bond acceptors (Lipinski definition) is 4. The van der Waals surface area contributed by atoms with Crippen LogP contribution in [0.3, 0.4) is 0 Å². The molecular weight excluding hydrogens is 300 g/mol. The van der Waals surface area contributed by atoms with Crippen LogP contribution in [0.2, 0.25) is 0 Å². The Kier molecular flexibility index (Phi) is 3.81. The highest BCUT2D eigenvalue weighted by molar-refractivity contribution is 7.92. The molecule has 0 unspecified atom stereocenters. The number of nitrogens with zero attached hydrogens (tertiary/aromatic N) is 3. The summed E-state index contributed by atoms with van der Waals surface area (Å²) >= 11 is 0. The summed E-state index contributed by atoms with van der Waals surface area (Å²) in [7, 11) is -3.30. The van der Waals surface area contributed by atoms with Crippen molar-refractivity contribution in [3.63, 3.8) is 0 Å². The third kappa shape index (κ3) is 3.09. The van der Waals surface area contributed by atoms with Crippen LogP contribution in [0.1, 0.15) is 13.3 Å². The van der Waals surface area contributed by atoms with Gasteiger partial charge in [0.2, 0.25) is 15.8 Å². The van der Waals surface area contributed by atoms with Crippen molar-refractivity contribution < 1.29 is 8.42 Å². The molecular formula is C15H16N4O2S. The second-order valence-corrected chi connectivity index (χ2v) is 6.80. The highest BCUT2D eigenvalue weighted by Crippen LogP contribution is 2.22. The average Bonchev–Trinajstić information content (AvgIpc) is 2.91. The van der Waals surface area contributed by atoms with Gasteiger partial charge in [-0.1, -0.05) is 19.1 Å². The lowest BCUT2D eigenvalue weighted by molar-refractivity contribution is 0.600. The summed E-state index contributed by atoms with van der Waals surface area (Å²) in [5.74, 6) is 0.713. The van der Waals surface area contributed by atoms with Crippen LogP contribution in [0.25, 0.3) is 17.0 Å². The molecule has 0 bridgehead atoms. The van der Waals surface area contributed by atoms with Gasteiger partial charge in [-0.15, -0.1) is 0 Å². The van der Waals surface area contributed by atoms with Crippen LogP contribution in [0.4, 0.5) is 5.69 Å². The van der Waals surface area contributed by atoms with Gasteiger partial charge in [-0.05, 0) is 24.6 Å². The first-order valence-electron chi connectivity index (χ1n) is 6.98. The van der Waals surface area contributed by atoms with Gasteiger partial charge in [0.05, 0.1) is 11.4 Å². The molecule has 0 atom stereocenters. The Morgan fingerprint density at radius 3 is 2.91 bits per heavy atom. The van der Waals surface area contributed by atoms with Gasteiger partial charge >= 0.3 is 0 Å². The average molecular weight is 316 g/mol.